The standard InChI is InChI=1S/C31H57F/c1-2-3-4-5-6-8-11-26-13-17-28(18-14-26)30-21-23-31(24-22-30)29-19-15-27(16-20-29)12-9-7-10-25-32/h26-31H,2-25H2,1H3. The number of hydrogen-bond acceptors (Lipinski definition) is 0. The summed E-state index contributed by atoms with van der Waals surface area (Å²) in [6, 6.07) is 0. The highest BCUT2D eigenvalue weighted by atomic mass is 19.1. The lowest BCUT2D eigenvalue weighted by atomic mass is 9.64. The number of hydrogen-bond donors (Lipinski definition) is 0. The molecule has 0 aromatic rings. The monoisotopic (exact) mass is 448 g/mol. The van der Waals surface area contributed by atoms with E-state index in [1.54, 1.807) is 51.4 Å². The molecule has 0 amide bonds. The van der Waals surface area contributed by atoms with Crippen molar-refractivity contribution in [3.63, 3.8) is 0 Å². The van der Waals surface area contributed by atoms with Crippen LogP contribution in [0.4, 0.5) is 4.39 Å². The Hall–Kier alpha value is -0.0700. The molecular formula is C31H57F. The molecule has 3 saturated carbocycles. The smallest absolute Gasteiger partial charge is 0.0894 e. The Kier molecular flexibility index (Phi) is 13.1. The number of rotatable bonds is 14. The Bertz CT molecular complexity index is 435. The molecule has 0 spiro atoms. The summed E-state index contributed by atoms with van der Waals surface area (Å²) in [5.41, 5.74) is 0. The molecule has 0 aromatic carbocycles. The van der Waals surface area contributed by atoms with Crippen molar-refractivity contribution in [2.24, 2.45) is 35.5 Å². The highest BCUT2D eigenvalue weighted by Gasteiger charge is 2.34. The summed E-state index contributed by atoms with van der Waals surface area (Å²) in [7, 11) is 0. The highest BCUT2D eigenvalue weighted by Crippen LogP contribution is 2.46. The molecule has 0 atom stereocenters. The maximum Gasteiger partial charge on any atom is 0.0894 e. The van der Waals surface area contributed by atoms with Gasteiger partial charge in [-0.2, -0.15) is 0 Å². The van der Waals surface area contributed by atoms with Crippen molar-refractivity contribution in [2.45, 2.75) is 155 Å². The van der Waals surface area contributed by atoms with Gasteiger partial charge in [-0.3, -0.25) is 4.39 Å². The zero-order valence-electron chi connectivity index (χ0n) is 21.8. The second-order valence-electron chi connectivity index (χ2n) is 12.3. The summed E-state index contributed by atoms with van der Waals surface area (Å²) < 4.78 is 12.3. The van der Waals surface area contributed by atoms with Gasteiger partial charge in [0.15, 0.2) is 0 Å². The molecule has 0 unspecified atom stereocenters. The SMILES string of the molecule is CCCCCCCCC1CCC(C2CCC(C3CCC(CCCCCF)CC3)CC2)CC1. The van der Waals surface area contributed by atoms with Gasteiger partial charge in [-0.25, -0.2) is 0 Å². The van der Waals surface area contributed by atoms with Crippen LogP contribution in [0.25, 0.3) is 0 Å². The summed E-state index contributed by atoms with van der Waals surface area (Å²) >= 11 is 0. The van der Waals surface area contributed by atoms with E-state index in [2.05, 4.69) is 6.92 Å². The van der Waals surface area contributed by atoms with Crippen LogP contribution in [-0.4, -0.2) is 6.67 Å². The number of halogens is 1. The third-order valence-corrected chi connectivity index (χ3v) is 10.1. The van der Waals surface area contributed by atoms with Gasteiger partial charge in [0.25, 0.3) is 0 Å². The minimum Gasteiger partial charge on any atom is -0.251 e. The lowest BCUT2D eigenvalue weighted by Crippen LogP contribution is -2.29. The topological polar surface area (TPSA) is 0 Å². The van der Waals surface area contributed by atoms with Crippen LogP contribution in [0.1, 0.15) is 155 Å². The van der Waals surface area contributed by atoms with Crippen molar-refractivity contribution in [3.8, 4) is 0 Å². The van der Waals surface area contributed by atoms with E-state index >= 15 is 0 Å². The molecule has 3 aliphatic rings. The molecule has 0 aliphatic heterocycles. The summed E-state index contributed by atoms with van der Waals surface area (Å²) in [5, 5.41) is 0. The molecule has 0 saturated heterocycles. The van der Waals surface area contributed by atoms with Crippen LogP contribution in [0.5, 0.6) is 0 Å². The van der Waals surface area contributed by atoms with Gasteiger partial charge in [-0.15, -0.1) is 0 Å². The minimum atomic E-state index is -0.115. The molecule has 3 rings (SSSR count). The second-order valence-corrected chi connectivity index (χ2v) is 12.3. The predicted molar refractivity (Wildman–Crippen MR) is 139 cm³/mol. The molecule has 0 nitrogen and oxygen atoms in total. The predicted octanol–water partition coefficient (Wildman–Crippen LogP) is 10.7. The Balaban J connectivity index is 1.23. The van der Waals surface area contributed by atoms with Crippen LogP contribution in [0, 0.1) is 35.5 Å². The normalized spacial score (nSPS) is 33.9. The van der Waals surface area contributed by atoms with E-state index in [4.69, 9.17) is 0 Å². The third-order valence-electron chi connectivity index (χ3n) is 10.1. The van der Waals surface area contributed by atoms with Crippen LogP contribution in [0.15, 0.2) is 0 Å². The fourth-order valence-corrected chi connectivity index (χ4v) is 7.90. The van der Waals surface area contributed by atoms with Gasteiger partial charge in [-0.1, -0.05) is 96.8 Å². The lowest BCUT2D eigenvalue weighted by molar-refractivity contribution is 0.102. The van der Waals surface area contributed by atoms with E-state index < -0.39 is 0 Å². The second kappa shape index (κ2) is 15.8. The average molecular weight is 449 g/mol. The van der Waals surface area contributed by atoms with E-state index in [1.165, 1.54) is 83.5 Å². The van der Waals surface area contributed by atoms with Crippen molar-refractivity contribution in [1.82, 2.24) is 0 Å². The largest absolute Gasteiger partial charge is 0.251 e. The van der Waals surface area contributed by atoms with Gasteiger partial charge in [0, 0.05) is 0 Å². The molecule has 0 radical (unpaired) electrons. The number of unbranched alkanes of at least 4 members (excludes halogenated alkanes) is 7. The first kappa shape index (κ1) is 26.5. The third kappa shape index (κ3) is 9.29. The Morgan fingerprint density at radius 1 is 0.438 bits per heavy atom. The van der Waals surface area contributed by atoms with E-state index in [9.17, 15) is 4.39 Å². The van der Waals surface area contributed by atoms with Crippen molar-refractivity contribution >= 4 is 0 Å². The zero-order valence-corrected chi connectivity index (χ0v) is 21.8. The summed E-state index contributed by atoms with van der Waals surface area (Å²) in [6.45, 7) is 2.20. The first-order valence-electron chi connectivity index (χ1n) is 15.4. The maximum absolute atomic E-state index is 12.3. The highest BCUT2D eigenvalue weighted by molar-refractivity contribution is 4.86. The first-order valence-corrected chi connectivity index (χ1v) is 15.4. The van der Waals surface area contributed by atoms with Gasteiger partial charge in [-0.05, 0) is 93.3 Å². The fourth-order valence-electron chi connectivity index (χ4n) is 7.90. The van der Waals surface area contributed by atoms with Gasteiger partial charge >= 0.3 is 0 Å². The quantitative estimate of drug-likeness (QED) is 0.232. The van der Waals surface area contributed by atoms with Crippen LogP contribution in [-0.2, 0) is 0 Å². The summed E-state index contributed by atoms with van der Waals surface area (Å²) in [4.78, 5) is 0. The minimum absolute atomic E-state index is 0.115. The first-order chi connectivity index (χ1) is 15.8. The van der Waals surface area contributed by atoms with E-state index in [-0.39, 0.29) is 6.67 Å². The van der Waals surface area contributed by atoms with Crippen molar-refractivity contribution in [2.75, 3.05) is 6.67 Å². The maximum atomic E-state index is 12.3. The van der Waals surface area contributed by atoms with Crippen LogP contribution in [0.3, 0.4) is 0 Å². The molecule has 0 bridgehead atoms. The van der Waals surface area contributed by atoms with Gasteiger partial charge in [0.2, 0.25) is 0 Å². The van der Waals surface area contributed by atoms with Gasteiger partial charge < -0.3 is 0 Å². The number of alkyl halides is 1. The Morgan fingerprint density at radius 3 is 1.19 bits per heavy atom. The molecule has 1 heteroatoms. The van der Waals surface area contributed by atoms with Gasteiger partial charge in [0.1, 0.15) is 0 Å². The van der Waals surface area contributed by atoms with E-state index in [0.717, 1.165) is 48.3 Å². The van der Waals surface area contributed by atoms with Crippen molar-refractivity contribution < 1.29 is 4.39 Å². The van der Waals surface area contributed by atoms with Crippen LogP contribution >= 0.6 is 0 Å². The molecule has 32 heavy (non-hydrogen) atoms. The molecule has 3 fully saturated rings. The molecule has 0 heterocycles. The zero-order chi connectivity index (χ0) is 22.4. The lowest BCUT2D eigenvalue weighted by Gasteiger charge is -2.41. The van der Waals surface area contributed by atoms with E-state index in [0.29, 0.717) is 0 Å². The van der Waals surface area contributed by atoms with E-state index in [1.807, 2.05) is 0 Å². The molecule has 188 valence electrons. The Morgan fingerprint density at radius 2 is 0.781 bits per heavy atom. The van der Waals surface area contributed by atoms with Crippen molar-refractivity contribution in [1.29, 1.82) is 0 Å². The molecule has 0 aromatic heterocycles. The Labute approximate surface area is 201 Å². The molecule has 3 aliphatic carbocycles. The molecule has 0 N–H and O–H groups in total. The van der Waals surface area contributed by atoms with Gasteiger partial charge in [0.05, 0.1) is 6.67 Å². The van der Waals surface area contributed by atoms with Crippen molar-refractivity contribution in [3.05, 3.63) is 0 Å². The summed E-state index contributed by atoms with van der Waals surface area (Å²) in [5.74, 6) is 6.30. The summed E-state index contributed by atoms with van der Waals surface area (Å²) in [6.07, 6.45) is 33.2. The molecular weight excluding hydrogens is 391 g/mol. The van der Waals surface area contributed by atoms with Crippen LogP contribution in [0.2, 0.25) is 0 Å². The average Bonchev–Trinajstić information content (AvgIpc) is 2.85. The fraction of sp³-hybridized carbons (Fsp3) is 1.00. The van der Waals surface area contributed by atoms with Crippen LogP contribution < -0.4 is 0 Å².